The molecule has 192 valence electrons. The van der Waals surface area contributed by atoms with E-state index in [9.17, 15) is 21.6 Å². The number of aryl methyl sites for hydroxylation is 3. The zero-order valence-electron chi connectivity index (χ0n) is 20.8. The van der Waals surface area contributed by atoms with Crippen LogP contribution in [0.3, 0.4) is 0 Å². The van der Waals surface area contributed by atoms with Crippen LogP contribution in [0.15, 0.2) is 71.6 Å². The smallest absolute Gasteiger partial charge is 0.261 e. The van der Waals surface area contributed by atoms with Gasteiger partial charge in [0.25, 0.3) is 10.0 Å². The van der Waals surface area contributed by atoms with E-state index in [0.29, 0.717) is 23.5 Å². The lowest BCUT2D eigenvalue weighted by molar-refractivity contribution is -0.116. The predicted molar refractivity (Wildman–Crippen MR) is 144 cm³/mol. The third-order valence-corrected chi connectivity index (χ3v) is 8.09. The van der Waals surface area contributed by atoms with Gasteiger partial charge in [0.1, 0.15) is 0 Å². The number of carbonyl (C=O) groups excluding carboxylic acids is 1. The molecule has 1 amide bonds. The Balaban J connectivity index is 1.59. The summed E-state index contributed by atoms with van der Waals surface area (Å²) in [5.41, 5.74) is 4.24. The van der Waals surface area contributed by atoms with Crippen LogP contribution >= 0.6 is 0 Å². The van der Waals surface area contributed by atoms with E-state index in [-0.39, 0.29) is 23.8 Å². The maximum Gasteiger partial charge on any atom is 0.261 e. The van der Waals surface area contributed by atoms with Crippen molar-refractivity contribution >= 4 is 43.0 Å². The number of hydrogen-bond donors (Lipinski definition) is 2. The van der Waals surface area contributed by atoms with Crippen LogP contribution < -0.4 is 14.3 Å². The SMILES string of the molecule is Cc1cccc(NS(=O)(=O)c2ccc(NC(=O)CCCN(c3cc(C)ccc3C)S(C)(=O)=O)cc2)c1. The Morgan fingerprint density at radius 1 is 0.833 bits per heavy atom. The van der Waals surface area contributed by atoms with E-state index in [1.165, 1.54) is 28.6 Å². The Hall–Kier alpha value is -3.37. The van der Waals surface area contributed by atoms with Gasteiger partial charge in [-0.25, -0.2) is 16.8 Å². The number of hydrogen-bond acceptors (Lipinski definition) is 5. The first-order valence-corrected chi connectivity index (χ1v) is 14.7. The zero-order valence-corrected chi connectivity index (χ0v) is 22.4. The number of carbonyl (C=O) groups is 1. The summed E-state index contributed by atoms with van der Waals surface area (Å²) in [6, 6.07) is 18.5. The first-order valence-electron chi connectivity index (χ1n) is 11.4. The quantitative estimate of drug-likeness (QED) is 0.399. The molecule has 0 saturated carbocycles. The largest absolute Gasteiger partial charge is 0.326 e. The molecule has 10 heteroatoms. The zero-order chi connectivity index (χ0) is 26.5. The summed E-state index contributed by atoms with van der Waals surface area (Å²) in [7, 11) is -7.29. The topological polar surface area (TPSA) is 113 Å². The number of nitrogens with one attached hydrogen (secondary N) is 2. The highest BCUT2D eigenvalue weighted by atomic mass is 32.2. The van der Waals surface area contributed by atoms with Crippen molar-refractivity contribution in [1.29, 1.82) is 0 Å². The van der Waals surface area contributed by atoms with Crippen molar-refractivity contribution in [3.8, 4) is 0 Å². The van der Waals surface area contributed by atoms with Crippen molar-refractivity contribution in [2.75, 3.05) is 27.1 Å². The van der Waals surface area contributed by atoms with Crippen LogP contribution in [-0.4, -0.2) is 35.5 Å². The van der Waals surface area contributed by atoms with E-state index in [1.807, 2.05) is 45.0 Å². The molecule has 3 aromatic rings. The molecule has 0 aliphatic heterocycles. The minimum Gasteiger partial charge on any atom is -0.326 e. The monoisotopic (exact) mass is 529 g/mol. The van der Waals surface area contributed by atoms with E-state index < -0.39 is 20.0 Å². The average Bonchev–Trinajstić information content (AvgIpc) is 2.78. The van der Waals surface area contributed by atoms with Crippen LogP contribution in [0.25, 0.3) is 0 Å². The molecule has 0 aliphatic rings. The van der Waals surface area contributed by atoms with E-state index >= 15 is 0 Å². The maximum absolute atomic E-state index is 12.6. The number of nitrogens with zero attached hydrogens (tertiary/aromatic N) is 1. The van der Waals surface area contributed by atoms with Gasteiger partial charge in [-0.05, 0) is 86.3 Å². The van der Waals surface area contributed by atoms with Crippen LogP contribution in [0.4, 0.5) is 17.1 Å². The van der Waals surface area contributed by atoms with E-state index in [2.05, 4.69) is 10.0 Å². The fourth-order valence-electron chi connectivity index (χ4n) is 3.70. The molecule has 8 nitrogen and oxygen atoms in total. The molecule has 3 aromatic carbocycles. The second-order valence-corrected chi connectivity index (χ2v) is 12.4. The van der Waals surface area contributed by atoms with Crippen LogP contribution in [0, 0.1) is 20.8 Å². The van der Waals surface area contributed by atoms with Gasteiger partial charge in [0, 0.05) is 24.3 Å². The Morgan fingerprint density at radius 3 is 2.14 bits per heavy atom. The summed E-state index contributed by atoms with van der Waals surface area (Å²) < 4.78 is 53.9. The summed E-state index contributed by atoms with van der Waals surface area (Å²) >= 11 is 0. The highest BCUT2D eigenvalue weighted by Gasteiger charge is 2.20. The first-order chi connectivity index (χ1) is 16.8. The Bertz CT molecular complexity index is 1450. The van der Waals surface area contributed by atoms with Crippen LogP contribution in [0.1, 0.15) is 29.5 Å². The number of amides is 1. The highest BCUT2D eigenvalue weighted by molar-refractivity contribution is 7.92. The van der Waals surface area contributed by atoms with Crippen molar-refractivity contribution < 1.29 is 21.6 Å². The molecular weight excluding hydrogens is 498 g/mol. The summed E-state index contributed by atoms with van der Waals surface area (Å²) in [4.78, 5) is 12.5. The van der Waals surface area contributed by atoms with Crippen LogP contribution in [0.5, 0.6) is 0 Å². The molecule has 0 aliphatic carbocycles. The molecule has 3 rings (SSSR count). The molecule has 0 radical (unpaired) electrons. The molecule has 0 fully saturated rings. The Kier molecular flexibility index (Phi) is 8.42. The maximum atomic E-state index is 12.6. The van der Waals surface area contributed by atoms with Gasteiger partial charge < -0.3 is 5.32 Å². The molecule has 0 saturated heterocycles. The molecule has 0 unspecified atom stereocenters. The molecule has 0 heterocycles. The third-order valence-electron chi connectivity index (χ3n) is 5.52. The van der Waals surface area contributed by atoms with Gasteiger partial charge in [0.2, 0.25) is 15.9 Å². The minimum atomic E-state index is -3.77. The second-order valence-electron chi connectivity index (χ2n) is 8.78. The second kappa shape index (κ2) is 11.1. The van der Waals surface area contributed by atoms with Gasteiger partial charge >= 0.3 is 0 Å². The highest BCUT2D eigenvalue weighted by Crippen LogP contribution is 2.25. The molecule has 0 aromatic heterocycles. The van der Waals surface area contributed by atoms with Crippen LogP contribution in [-0.2, 0) is 24.8 Å². The Morgan fingerprint density at radius 2 is 1.50 bits per heavy atom. The molecule has 2 N–H and O–H groups in total. The van der Waals surface area contributed by atoms with E-state index in [0.717, 1.165) is 22.9 Å². The van der Waals surface area contributed by atoms with Gasteiger partial charge in [0.05, 0.1) is 16.8 Å². The number of sulfonamides is 2. The fourth-order valence-corrected chi connectivity index (χ4v) is 5.76. The van der Waals surface area contributed by atoms with Crippen LogP contribution in [0.2, 0.25) is 0 Å². The lowest BCUT2D eigenvalue weighted by atomic mass is 10.1. The van der Waals surface area contributed by atoms with Gasteiger partial charge in [-0.3, -0.25) is 13.8 Å². The third kappa shape index (κ3) is 7.32. The van der Waals surface area contributed by atoms with Crippen molar-refractivity contribution in [3.05, 3.63) is 83.4 Å². The molecule has 36 heavy (non-hydrogen) atoms. The van der Waals surface area contributed by atoms with Gasteiger partial charge in [-0.2, -0.15) is 0 Å². The molecule has 0 atom stereocenters. The average molecular weight is 530 g/mol. The lowest BCUT2D eigenvalue weighted by Crippen LogP contribution is -2.32. The summed E-state index contributed by atoms with van der Waals surface area (Å²) in [6.07, 6.45) is 1.57. The summed E-state index contributed by atoms with van der Waals surface area (Å²) in [6.45, 7) is 5.78. The number of rotatable bonds is 10. The standard InChI is InChI=1S/C26H31N3O5S2/c1-19-7-5-8-23(17-19)28-36(33,34)24-14-12-22(13-15-24)27-26(30)9-6-16-29(35(4,31)32)25-18-20(2)10-11-21(25)3/h5,7-8,10-15,17-18,28H,6,9,16H2,1-4H3,(H,27,30). The van der Waals surface area contributed by atoms with E-state index in [1.54, 1.807) is 18.2 Å². The summed E-state index contributed by atoms with van der Waals surface area (Å²) in [5, 5.41) is 2.73. The van der Waals surface area contributed by atoms with Crippen molar-refractivity contribution in [2.24, 2.45) is 0 Å². The van der Waals surface area contributed by atoms with Crippen molar-refractivity contribution in [1.82, 2.24) is 0 Å². The van der Waals surface area contributed by atoms with Crippen molar-refractivity contribution in [2.45, 2.75) is 38.5 Å². The van der Waals surface area contributed by atoms with E-state index in [4.69, 9.17) is 0 Å². The first kappa shape index (κ1) is 27.2. The van der Waals surface area contributed by atoms with Gasteiger partial charge in [-0.1, -0.05) is 24.3 Å². The fraction of sp³-hybridized carbons (Fsp3) is 0.269. The molecular formula is C26H31N3O5S2. The van der Waals surface area contributed by atoms with Crippen molar-refractivity contribution in [3.63, 3.8) is 0 Å². The lowest BCUT2D eigenvalue weighted by Gasteiger charge is -2.24. The van der Waals surface area contributed by atoms with Gasteiger partial charge in [-0.15, -0.1) is 0 Å². The minimum absolute atomic E-state index is 0.0688. The number of anilines is 3. The summed E-state index contributed by atoms with van der Waals surface area (Å²) in [5.74, 6) is -0.294. The normalized spacial score (nSPS) is 11.7. The Labute approximate surface area is 213 Å². The molecule has 0 spiro atoms. The number of benzene rings is 3. The predicted octanol–water partition coefficient (Wildman–Crippen LogP) is 4.60. The molecule has 0 bridgehead atoms. The van der Waals surface area contributed by atoms with Gasteiger partial charge in [0.15, 0.2) is 0 Å².